The molecule has 20 heavy (non-hydrogen) atoms. The van der Waals surface area contributed by atoms with Gasteiger partial charge in [0.2, 0.25) is 0 Å². The van der Waals surface area contributed by atoms with Crippen molar-refractivity contribution in [2.24, 2.45) is 0 Å². The molecule has 4 nitrogen and oxygen atoms in total. The molecule has 0 aromatic heterocycles. The van der Waals surface area contributed by atoms with Crippen LogP contribution in [0.4, 0.5) is 4.79 Å². The quantitative estimate of drug-likeness (QED) is 0.869. The van der Waals surface area contributed by atoms with Crippen LogP contribution in [0.15, 0.2) is 42.5 Å². The molecule has 0 bridgehead atoms. The molecule has 2 aromatic carbocycles. The van der Waals surface area contributed by atoms with Crippen molar-refractivity contribution in [2.75, 3.05) is 7.11 Å². The SMILES string of the molecule is COC(=O)OCc1ccc(O)c(-c2cccc(Cl)c2)c1. The molecular formula is C15H13ClO4. The monoisotopic (exact) mass is 292 g/mol. The van der Waals surface area contributed by atoms with Gasteiger partial charge in [-0.1, -0.05) is 29.8 Å². The van der Waals surface area contributed by atoms with E-state index in [1.54, 1.807) is 36.4 Å². The summed E-state index contributed by atoms with van der Waals surface area (Å²) in [5.74, 6) is 0.133. The Bertz CT molecular complexity index is 625. The van der Waals surface area contributed by atoms with Crippen LogP contribution in [0.3, 0.4) is 0 Å². The molecule has 0 unspecified atom stereocenters. The molecule has 1 N–H and O–H groups in total. The lowest BCUT2D eigenvalue weighted by molar-refractivity contribution is 0.0669. The number of rotatable bonds is 3. The molecule has 0 aliphatic rings. The van der Waals surface area contributed by atoms with Crippen molar-refractivity contribution in [3.63, 3.8) is 0 Å². The smallest absolute Gasteiger partial charge is 0.507 e. The van der Waals surface area contributed by atoms with E-state index < -0.39 is 6.16 Å². The molecule has 0 saturated heterocycles. The van der Waals surface area contributed by atoms with Crippen LogP contribution in [0.5, 0.6) is 5.75 Å². The Balaban J connectivity index is 2.27. The molecule has 0 atom stereocenters. The zero-order chi connectivity index (χ0) is 14.5. The highest BCUT2D eigenvalue weighted by Gasteiger charge is 2.08. The standard InChI is InChI=1S/C15H13ClO4/c1-19-15(18)20-9-10-5-6-14(17)13(7-10)11-3-2-4-12(16)8-11/h2-8,17H,9H2,1H3. The Morgan fingerprint density at radius 3 is 2.75 bits per heavy atom. The summed E-state index contributed by atoms with van der Waals surface area (Å²) in [7, 11) is 1.25. The maximum Gasteiger partial charge on any atom is 0.508 e. The predicted octanol–water partition coefficient (Wildman–Crippen LogP) is 4.00. The Morgan fingerprint density at radius 1 is 1.25 bits per heavy atom. The maximum absolute atomic E-state index is 10.9. The van der Waals surface area contributed by atoms with Crippen LogP contribution in [0, 0.1) is 0 Å². The van der Waals surface area contributed by atoms with Crippen LogP contribution in [0.1, 0.15) is 5.56 Å². The lowest BCUT2D eigenvalue weighted by atomic mass is 10.0. The zero-order valence-electron chi connectivity index (χ0n) is 10.8. The lowest BCUT2D eigenvalue weighted by Crippen LogP contribution is -2.04. The van der Waals surface area contributed by atoms with Gasteiger partial charge in [0.05, 0.1) is 7.11 Å². The summed E-state index contributed by atoms with van der Waals surface area (Å²) in [4.78, 5) is 10.9. The third kappa shape index (κ3) is 3.42. The molecule has 0 spiro atoms. The van der Waals surface area contributed by atoms with Crippen molar-refractivity contribution in [2.45, 2.75) is 6.61 Å². The number of hydrogen-bond acceptors (Lipinski definition) is 4. The highest BCUT2D eigenvalue weighted by atomic mass is 35.5. The number of halogens is 1. The second-order valence-corrected chi connectivity index (χ2v) is 4.54. The van der Waals surface area contributed by atoms with Gasteiger partial charge in [-0.3, -0.25) is 0 Å². The van der Waals surface area contributed by atoms with Crippen LogP contribution in [0.2, 0.25) is 5.02 Å². The molecule has 2 rings (SSSR count). The fourth-order valence-electron chi connectivity index (χ4n) is 1.76. The summed E-state index contributed by atoms with van der Waals surface area (Å²) in [5, 5.41) is 10.5. The molecule has 0 fully saturated rings. The minimum absolute atomic E-state index is 0.0700. The van der Waals surface area contributed by atoms with E-state index in [4.69, 9.17) is 16.3 Å². The molecule has 0 saturated carbocycles. The third-order valence-electron chi connectivity index (χ3n) is 2.72. The molecule has 0 heterocycles. The Labute approximate surface area is 121 Å². The second-order valence-electron chi connectivity index (χ2n) is 4.10. The second kappa shape index (κ2) is 6.30. The number of ether oxygens (including phenoxy) is 2. The number of carbonyl (C=O) groups excluding carboxylic acids is 1. The van der Waals surface area contributed by atoms with E-state index in [0.29, 0.717) is 10.6 Å². The van der Waals surface area contributed by atoms with E-state index in [9.17, 15) is 9.90 Å². The van der Waals surface area contributed by atoms with Gasteiger partial charge in [0.25, 0.3) is 0 Å². The summed E-state index contributed by atoms with van der Waals surface area (Å²) in [5.41, 5.74) is 2.15. The largest absolute Gasteiger partial charge is 0.508 e. The minimum atomic E-state index is -0.748. The first-order chi connectivity index (χ1) is 9.60. The highest BCUT2D eigenvalue weighted by Crippen LogP contribution is 2.31. The van der Waals surface area contributed by atoms with Gasteiger partial charge in [0.1, 0.15) is 12.4 Å². The molecular weight excluding hydrogens is 280 g/mol. The van der Waals surface area contributed by atoms with Crippen LogP contribution < -0.4 is 0 Å². The molecule has 0 aliphatic heterocycles. The van der Waals surface area contributed by atoms with Gasteiger partial charge in [-0.25, -0.2) is 4.79 Å². The van der Waals surface area contributed by atoms with E-state index in [2.05, 4.69) is 4.74 Å². The number of carbonyl (C=O) groups is 1. The maximum atomic E-state index is 10.9. The van der Waals surface area contributed by atoms with Crippen LogP contribution in [-0.2, 0) is 16.1 Å². The average molecular weight is 293 g/mol. The van der Waals surface area contributed by atoms with Gasteiger partial charge >= 0.3 is 6.16 Å². The topological polar surface area (TPSA) is 55.8 Å². The Kier molecular flexibility index (Phi) is 4.48. The van der Waals surface area contributed by atoms with Gasteiger partial charge in [-0.15, -0.1) is 0 Å². The average Bonchev–Trinajstić information content (AvgIpc) is 2.46. The first-order valence-corrected chi connectivity index (χ1v) is 6.26. The van der Waals surface area contributed by atoms with E-state index >= 15 is 0 Å². The van der Waals surface area contributed by atoms with Crippen molar-refractivity contribution < 1.29 is 19.4 Å². The Hall–Kier alpha value is -2.20. The lowest BCUT2D eigenvalue weighted by Gasteiger charge is -2.09. The molecule has 5 heteroatoms. The fraction of sp³-hybridized carbons (Fsp3) is 0.133. The van der Waals surface area contributed by atoms with Crippen LogP contribution in [-0.4, -0.2) is 18.4 Å². The van der Waals surface area contributed by atoms with Gasteiger partial charge in [-0.05, 0) is 35.4 Å². The normalized spacial score (nSPS) is 10.1. The van der Waals surface area contributed by atoms with Crippen molar-refractivity contribution >= 4 is 17.8 Å². The van der Waals surface area contributed by atoms with Gasteiger partial charge in [0.15, 0.2) is 0 Å². The predicted molar refractivity (Wildman–Crippen MR) is 75.7 cm³/mol. The van der Waals surface area contributed by atoms with Gasteiger partial charge in [-0.2, -0.15) is 0 Å². The summed E-state index contributed by atoms with van der Waals surface area (Å²) in [6.45, 7) is 0.0700. The number of hydrogen-bond donors (Lipinski definition) is 1. The number of benzene rings is 2. The van der Waals surface area contributed by atoms with Gasteiger partial charge in [0, 0.05) is 10.6 Å². The first kappa shape index (κ1) is 14.2. The van der Waals surface area contributed by atoms with Gasteiger partial charge < -0.3 is 14.6 Å². The number of aromatic hydroxyl groups is 1. The van der Waals surface area contributed by atoms with Crippen molar-refractivity contribution in [3.05, 3.63) is 53.1 Å². The molecule has 2 aromatic rings. The van der Waals surface area contributed by atoms with E-state index in [0.717, 1.165) is 11.1 Å². The zero-order valence-corrected chi connectivity index (χ0v) is 11.6. The van der Waals surface area contributed by atoms with E-state index in [1.807, 2.05) is 6.07 Å². The van der Waals surface area contributed by atoms with E-state index in [-0.39, 0.29) is 12.4 Å². The molecule has 0 aliphatic carbocycles. The first-order valence-electron chi connectivity index (χ1n) is 5.88. The van der Waals surface area contributed by atoms with Crippen molar-refractivity contribution in [3.8, 4) is 16.9 Å². The minimum Gasteiger partial charge on any atom is -0.507 e. The van der Waals surface area contributed by atoms with Crippen LogP contribution >= 0.6 is 11.6 Å². The Morgan fingerprint density at radius 2 is 2.05 bits per heavy atom. The van der Waals surface area contributed by atoms with Crippen molar-refractivity contribution in [1.82, 2.24) is 0 Å². The summed E-state index contributed by atoms with van der Waals surface area (Å²) < 4.78 is 9.26. The summed E-state index contributed by atoms with van der Waals surface area (Å²) >= 11 is 5.94. The number of phenols is 1. The molecule has 0 radical (unpaired) electrons. The summed E-state index contributed by atoms with van der Waals surface area (Å²) in [6.07, 6.45) is -0.748. The number of methoxy groups -OCH3 is 1. The molecule has 104 valence electrons. The van der Waals surface area contributed by atoms with E-state index in [1.165, 1.54) is 7.11 Å². The summed E-state index contributed by atoms with van der Waals surface area (Å²) in [6, 6.07) is 12.1. The third-order valence-corrected chi connectivity index (χ3v) is 2.96. The highest BCUT2D eigenvalue weighted by molar-refractivity contribution is 6.30. The number of phenolic OH excluding ortho intramolecular Hbond substituents is 1. The van der Waals surface area contributed by atoms with Crippen molar-refractivity contribution in [1.29, 1.82) is 0 Å². The fourth-order valence-corrected chi connectivity index (χ4v) is 1.95. The molecule has 0 amide bonds. The van der Waals surface area contributed by atoms with Crippen LogP contribution in [0.25, 0.3) is 11.1 Å².